The lowest BCUT2D eigenvalue weighted by Gasteiger charge is -2.34. The van der Waals surface area contributed by atoms with E-state index in [-0.39, 0.29) is 5.92 Å². The van der Waals surface area contributed by atoms with Gasteiger partial charge in [0.1, 0.15) is 5.78 Å². The summed E-state index contributed by atoms with van der Waals surface area (Å²) in [5, 5.41) is 0. The molecule has 1 nitrogen and oxygen atoms in total. The van der Waals surface area contributed by atoms with Gasteiger partial charge in [-0.05, 0) is 121 Å². The van der Waals surface area contributed by atoms with E-state index in [0.29, 0.717) is 35.9 Å². The van der Waals surface area contributed by atoms with Crippen LogP contribution in [0.1, 0.15) is 98.6 Å². The Hall–Kier alpha value is -4.15. The Labute approximate surface area is 283 Å². The number of rotatable bonds is 12. The number of benzene rings is 3. The van der Waals surface area contributed by atoms with Crippen LogP contribution < -0.4 is 0 Å². The third kappa shape index (κ3) is 8.23. The standard InChI is InChI=1S/C46H50O/c1-5-39-18-14-38(31-44(39)21-15-37-28-33(3)34(4)29-37)30-36-12-19-41(20-13-36)46(45(47)26-16-35-9-7-6-8-10-35)42-24-22-40(23-25-42)43-17-11-32(2)27-43/h1,6-11,14,17-18,22-25,27-29,31-33,36,41,46H,12-13,15-16,19-21,26,30H2,2-4H3. The number of aryl methyl sites for hydroxylation is 2. The van der Waals surface area contributed by atoms with Crippen LogP contribution in [0.25, 0.3) is 5.57 Å². The summed E-state index contributed by atoms with van der Waals surface area (Å²) in [5.74, 6) is 5.36. The highest BCUT2D eigenvalue weighted by atomic mass is 16.1. The highest BCUT2D eigenvalue weighted by Crippen LogP contribution is 2.41. The van der Waals surface area contributed by atoms with Crippen LogP contribution in [0.15, 0.2) is 114 Å². The van der Waals surface area contributed by atoms with Crippen molar-refractivity contribution >= 4 is 11.4 Å². The number of terminal acetylenes is 1. The largest absolute Gasteiger partial charge is 0.299 e. The third-order valence-electron chi connectivity index (χ3n) is 11.0. The third-order valence-corrected chi connectivity index (χ3v) is 11.0. The second-order valence-corrected chi connectivity index (χ2v) is 14.4. The number of allylic oxidation sites excluding steroid dienone is 8. The first-order valence-corrected chi connectivity index (χ1v) is 17.9. The van der Waals surface area contributed by atoms with Crippen molar-refractivity contribution in [2.75, 3.05) is 0 Å². The molecule has 3 aliphatic carbocycles. The Morgan fingerprint density at radius 1 is 0.872 bits per heavy atom. The molecule has 3 atom stereocenters. The van der Waals surface area contributed by atoms with Crippen LogP contribution in [0.2, 0.25) is 0 Å². The predicted octanol–water partition coefficient (Wildman–Crippen LogP) is 11.0. The van der Waals surface area contributed by atoms with Crippen LogP contribution in [-0.4, -0.2) is 5.78 Å². The van der Waals surface area contributed by atoms with E-state index in [1.165, 1.54) is 57.4 Å². The minimum absolute atomic E-state index is 0.0347. The molecule has 0 N–H and O–H groups in total. The van der Waals surface area contributed by atoms with Gasteiger partial charge < -0.3 is 0 Å². The smallest absolute Gasteiger partial charge is 0.140 e. The summed E-state index contributed by atoms with van der Waals surface area (Å²) in [6.07, 6.45) is 26.5. The zero-order chi connectivity index (χ0) is 32.8. The molecule has 3 aromatic rings. The second-order valence-electron chi connectivity index (χ2n) is 14.4. The molecule has 3 aromatic carbocycles. The Bertz CT molecular complexity index is 1710. The van der Waals surface area contributed by atoms with Crippen LogP contribution in [0, 0.1) is 36.0 Å². The number of hydrogen-bond donors (Lipinski definition) is 0. The molecule has 3 unspecified atom stereocenters. The van der Waals surface area contributed by atoms with E-state index in [1.54, 1.807) is 0 Å². The fraction of sp³-hybridized carbons (Fsp3) is 0.370. The topological polar surface area (TPSA) is 17.1 Å². The molecular weight excluding hydrogens is 569 g/mol. The molecule has 1 saturated carbocycles. The van der Waals surface area contributed by atoms with Crippen molar-refractivity contribution in [1.29, 1.82) is 0 Å². The quantitative estimate of drug-likeness (QED) is 0.185. The lowest BCUT2D eigenvalue weighted by Crippen LogP contribution is -2.27. The van der Waals surface area contributed by atoms with Gasteiger partial charge in [0.05, 0.1) is 0 Å². The predicted molar refractivity (Wildman–Crippen MR) is 198 cm³/mol. The average Bonchev–Trinajstić information content (AvgIpc) is 3.68. The van der Waals surface area contributed by atoms with Crippen LogP contribution >= 0.6 is 0 Å². The number of ketones is 1. The summed E-state index contributed by atoms with van der Waals surface area (Å²) in [6.45, 7) is 6.71. The number of hydrogen-bond acceptors (Lipinski definition) is 1. The van der Waals surface area contributed by atoms with E-state index >= 15 is 0 Å². The lowest BCUT2D eigenvalue weighted by atomic mass is 9.70. The van der Waals surface area contributed by atoms with Crippen molar-refractivity contribution in [3.05, 3.63) is 148 Å². The molecular formula is C46H50O. The lowest BCUT2D eigenvalue weighted by molar-refractivity contribution is -0.122. The van der Waals surface area contributed by atoms with Gasteiger partial charge in [-0.3, -0.25) is 4.79 Å². The summed E-state index contributed by atoms with van der Waals surface area (Å²) in [6, 6.07) is 26.2. The molecule has 0 aliphatic heterocycles. The number of carbonyl (C=O) groups is 1. The Balaban J connectivity index is 1.12. The van der Waals surface area contributed by atoms with Gasteiger partial charge in [-0.2, -0.15) is 0 Å². The molecule has 0 heterocycles. The maximum Gasteiger partial charge on any atom is 0.140 e. The first-order valence-electron chi connectivity index (χ1n) is 17.9. The van der Waals surface area contributed by atoms with Crippen molar-refractivity contribution < 1.29 is 4.79 Å². The monoisotopic (exact) mass is 618 g/mol. The van der Waals surface area contributed by atoms with Crippen molar-refractivity contribution in [3.63, 3.8) is 0 Å². The van der Waals surface area contributed by atoms with Gasteiger partial charge in [0.2, 0.25) is 0 Å². The van der Waals surface area contributed by atoms with E-state index in [0.717, 1.165) is 44.1 Å². The summed E-state index contributed by atoms with van der Waals surface area (Å²) in [5.41, 5.74) is 11.6. The first kappa shape index (κ1) is 32.8. The maximum atomic E-state index is 14.0. The highest BCUT2D eigenvalue weighted by Gasteiger charge is 2.33. The molecule has 0 radical (unpaired) electrons. The Kier molecular flexibility index (Phi) is 10.6. The van der Waals surface area contributed by atoms with Crippen LogP contribution in [0.5, 0.6) is 0 Å². The summed E-state index contributed by atoms with van der Waals surface area (Å²) < 4.78 is 0. The van der Waals surface area contributed by atoms with E-state index in [1.807, 2.05) is 6.07 Å². The normalized spacial score (nSPS) is 22.7. The van der Waals surface area contributed by atoms with Gasteiger partial charge in [0.15, 0.2) is 0 Å². The minimum atomic E-state index is -0.0347. The zero-order valence-electron chi connectivity index (χ0n) is 28.6. The van der Waals surface area contributed by atoms with Crippen molar-refractivity contribution in [1.82, 2.24) is 0 Å². The van der Waals surface area contributed by atoms with Crippen LogP contribution in [0.4, 0.5) is 0 Å². The van der Waals surface area contributed by atoms with Crippen molar-refractivity contribution in [2.24, 2.45) is 23.7 Å². The minimum Gasteiger partial charge on any atom is -0.299 e. The van der Waals surface area contributed by atoms with Gasteiger partial charge in [-0.1, -0.05) is 128 Å². The molecule has 0 spiro atoms. The first-order chi connectivity index (χ1) is 22.9. The van der Waals surface area contributed by atoms with Gasteiger partial charge in [-0.15, -0.1) is 6.42 Å². The molecule has 0 aromatic heterocycles. The number of carbonyl (C=O) groups excluding carboxylic acids is 1. The van der Waals surface area contributed by atoms with E-state index in [4.69, 9.17) is 6.42 Å². The Morgan fingerprint density at radius 2 is 1.64 bits per heavy atom. The molecule has 0 saturated heterocycles. The van der Waals surface area contributed by atoms with Gasteiger partial charge in [-0.25, -0.2) is 0 Å². The van der Waals surface area contributed by atoms with Gasteiger partial charge >= 0.3 is 0 Å². The molecule has 240 valence electrons. The van der Waals surface area contributed by atoms with Crippen LogP contribution in [0.3, 0.4) is 0 Å². The van der Waals surface area contributed by atoms with Gasteiger partial charge in [0.25, 0.3) is 0 Å². The van der Waals surface area contributed by atoms with Crippen molar-refractivity contribution in [2.45, 2.75) is 84.5 Å². The summed E-state index contributed by atoms with van der Waals surface area (Å²) in [4.78, 5) is 14.0. The fourth-order valence-electron chi connectivity index (χ4n) is 8.05. The SMILES string of the molecule is C#Cc1ccc(CC2CCC(C(C(=O)CCc3ccccc3)c3ccc(C4=CC(C)C=C4)cc3)CC2)cc1CCC1=CC(C)C(C)=C1. The molecule has 1 heteroatoms. The summed E-state index contributed by atoms with van der Waals surface area (Å²) >= 11 is 0. The fourth-order valence-corrected chi connectivity index (χ4v) is 8.05. The number of Topliss-reactive ketones (excluding diaryl/α,β-unsaturated/α-hetero) is 1. The molecule has 3 aliphatic rings. The zero-order valence-corrected chi connectivity index (χ0v) is 28.6. The molecule has 0 bridgehead atoms. The molecule has 6 rings (SSSR count). The molecule has 0 amide bonds. The molecule has 1 fully saturated rings. The van der Waals surface area contributed by atoms with Crippen molar-refractivity contribution in [3.8, 4) is 12.3 Å². The second kappa shape index (κ2) is 15.2. The van der Waals surface area contributed by atoms with E-state index < -0.39 is 0 Å². The Morgan fingerprint density at radius 3 is 2.30 bits per heavy atom. The van der Waals surface area contributed by atoms with Gasteiger partial charge in [0, 0.05) is 17.9 Å². The summed E-state index contributed by atoms with van der Waals surface area (Å²) in [7, 11) is 0. The molecule has 47 heavy (non-hydrogen) atoms. The maximum absolute atomic E-state index is 14.0. The van der Waals surface area contributed by atoms with E-state index in [9.17, 15) is 4.79 Å². The van der Waals surface area contributed by atoms with Crippen LogP contribution in [-0.2, 0) is 24.1 Å². The van der Waals surface area contributed by atoms with E-state index in [2.05, 4.69) is 124 Å². The average molecular weight is 619 g/mol. The highest BCUT2D eigenvalue weighted by molar-refractivity contribution is 5.86.